The van der Waals surface area contributed by atoms with Gasteiger partial charge in [0.1, 0.15) is 0 Å². The highest BCUT2D eigenvalue weighted by molar-refractivity contribution is 5.58. The molecule has 3 heteroatoms. The summed E-state index contributed by atoms with van der Waals surface area (Å²) < 4.78 is 0. The second kappa shape index (κ2) is 4.39. The van der Waals surface area contributed by atoms with Crippen molar-refractivity contribution in [3.63, 3.8) is 0 Å². The Labute approximate surface area is 95.6 Å². The number of pyridine rings is 1. The summed E-state index contributed by atoms with van der Waals surface area (Å²) in [6.07, 6.45) is 3.51. The van der Waals surface area contributed by atoms with Crippen LogP contribution in [0, 0.1) is 6.92 Å². The minimum Gasteiger partial charge on any atom is -0.257 e. The third-order valence-corrected chi connectivity index (χ3v) is 2.42. The normalized spacial score (nSPS) is 10.8. The second-order valence-corrected chi connectivity index (χ2v) is 4.11. The molecule has 0 unspecified atom stereocenters. The summed E-state index contributed by atoms with van der Waals surface area (Å²) in [4.78, 5) is 13.1. The quantitative estimate of drug-likeness (QED) is 0.769. The third kappa shape index (κ3) is 2.08. The lowest BCUT2D eigenvalue weighted by Gasteiger charge is -2.11. The summed E-state index contributed by atoms with van der Waals surface area (Å²) in [5.41, 5.74) is 3.12. The molecule has 2 aromatic rings. The van der Waals surface area contributed by atoms with Crippen molar-refractivity contribution in [1.29, 1.82) is 0 Å². The molecular formula is C13H15N3. The van der Waals surface area contributed by atoms with Crippen LogP contribution < -0.4 is 0 Å². The van der Waals surface area contributed by atoms with Gasteiger partial charge in [0.05, 0.1) is 5.69 Å². The summed E-state index contributed by atoms with van der Waals surface area (Å²) in [5.74, 6) is 1.12. The van der Waals surface area contributed by atoms with Crippen LogP contribution in [0.5, 0.6) is 0 Å². The molecule has 0 saturated carbocycles. The fraction of sp³-hybridized carbons (Fsp3) is 0.308. The molecule has 3 nitrogen and oxygen atoms in total. The monoisotopic (exact) mass is 213 g/mol. The molecule has 0 atom stereocenters. The van der Waals surface area contributed by atoms with Gasteiger partial charge in [0, 0.05) is 23.7 Å². The van der Waals surface area contributed by atoms with Crippen molar-refractivity contribution in [1.82, 2.24) is 15.0 Å². The van der Waals surface area contributed by atoms with E-state index in [1.165, 1.54) is 0 Å². The van der Waals surface area contributed by atoms with Crippen LogP contribution in [-0.4, -0.2) is 15.0 Å². The van der Waals surface area contributed by atoms with E-state index in [0.29, 0.717) is 5.92 Å². The first-order valence-corrected chi connectivity index (χ1v) is 5.43. The van der Waals surface area contributed by atoms with Crippen LogP contribution in [0.4, 0.5) is 0 Å². The smallest absolute Gasteiger partial charge is 0.160 e. The van der Waals surface area contributed by atoms with Crippen molar-refractivity contribution >= 4 is 0 Å². The predicted octanol–water partition coefficient (Wildman–Crippen LogP) is 2.97. The highest BCUT2D eigenvalue weighted by atomic mass is 14.9. The van der Waals surface area contributed by atoms with Crippen LogP contribution in [0.15, 0.2) is 30.6 Å². The van der Waals surface area contributed by atoms with Gasteiger partial charge in [-0.3, -0.25) is 4.98 Å². The maximum absolute atomic E-state index is 4.57. The number of rotatable bonds is 2. The first kappa shape index (κ1) is 10.7. The van der Waals surface area contributed by atoms with Crippen LogP contribution in [0.1, 0.15) is 31.2 Å². The molecule has 0 amide bonds. The molecule has 0 radical (unpaired) electrons. The lowest BCUT2D eigenvalue weighted by atomic mass is 10.0. The molecule has 0 aliphatic rings. The Morgan fingerprint density at radius 3 is 2.38 bits per heavy atom. The van der Waals surface area contributed by atoms with Crippen molar-refractivity contribution in [3.8, 4) is 11.4 Å². The van der Waals surface area contributed by atoms with Gasteiger partial charge in [-0.05, 0) is 31.0 Å². The molecular weight excluding hydrogens is 198 g/mol. The van der Waals surface area contributed by atoms with Crippen molar-refractivity contribution in [2.45, 2.75) is 26.7 Å². The standard InChI is InChI=1S/C13H15N3/c1-9(2)12-11(6-5-10(3)16-12)13-14-7-4-8-15-13/h4-9H,1-3H3. The maximum atomic E-state index is 4.57. The Morgan fingerprint density at radius 1 is 1.06 bits per heavy atom. The molecule has 2 rings (SSSR count). The van der Waals surface area contributed by atoms with Gasteiger partial charge in [-0.25, -0.2) is 9.97 Å². The Morgan fingerprint density at radius 2 is 1.75 bits per heavy atom. The largest absolute Gasteiger partial charge is 0.257 e. The van der Waals surface area contributed by atoms with E-state index < -0.39 is 0 Å². The Kier molecular flexibility index (Phi) is 2.95. The average molecular weight is 213 g/mol. The van der Waals surface area contributed by atoms with Gasteiger partial charge in [0.15, 0.2) is 5.82 Å². The molecule has 0 saturated heterocycles. The fourth-order valence-corrected chi connectivity index (χ4v) is 1.64. The highest BCUT2D eigenvalue weighted by Crippen LogP contribution is 2.24. The Hall–Kier alpha value is -1.77. The Balaban J connectivity index is 2.57. The summed E-state index contributed by atoms with van der Waals surface area (Å²) in [6, 6.07) is 5.87. The van der Waals surface area contributed by atoms with E-state index in [1.807, 2.05) is 25.1 Å². The summed E-state index contributed by atoms with van der Waals surface area (Å²) in [7, 11) is 0. The topological polar surface area (TPSA) is 38.7 Å². The van der Waals surface area contributed by atoms with Crippen molar-refractivity contribution in [2.24, 2.45) is 0 Å². The Bertz CT molecular complexity index is 478. The first-order valence-electron chi connectivity index (χ1n) is 5.43. The molecule has 0 aliphatic carbocycles. The van der Waals surface area contributed by atoms with E-state index in [0.717, 1.165) is 22.8 Å². The zero-order valence-corrected chi connectivity index (χ0v) is 9.81. The molecule has 2 heterocycles. The number of hydrogen-bond acceptors (Lipinski definition) is 3. The molecule has 0 aliphatic heterocycles. The summed E-state index contributed by atoms with van der Waals surface area (Å²) in [6.45, 7) is 6.27. The molecule has 82 valence electrons. The number of hydrogen-bond donors (Lipinski definition) is 0. The maximum Gasteiger partial charge on any atom is 0.160 e. The van der Waals surface area contributed by atoms with E-state index in [1.54, 1.807) is 12.4 Å². The van der Waals surface area contributed by atoms with E-state index in [9.17, 15) is 0 Å². The minimum atomic E-state index is 0.374. The average Bonchev–Trinajstić information content (AvgIpc) is 2.30. The van der Waals surface area contributed by atoms with E-state index >= 15 is 0 Å². The van der Waals surface area contributed by atoms with Gasteiger partial charge in [0.2, 0.25) is 0 Å². The number of nitrogens with zero attached hydrogens (tertiary/aromatic N) is 3. The van der Waals surface area contributed by atoms with E-state index in [4.69, 9.17) is 0 Å². The number of aromatic nitrogens is 3. The minimum absolute atomic E-state index is 0.374. The van der Waals surface area contributed by atoms with Crippen LogP contribution in [0.3, 0.4) is 0 Å². The number of aryl methyl sites for hydroxylation is 1. The molecule has 0 N–H and O–H groups in total. The zero-order valence-electron chi connectivity index (χ0n) is 9.81. The lowest BCUT2D eigenvalue weighted by Crippen LogP contribution is -2.00. The van der Waals surface area contributed by atoms with Gasteiger partial charge in [-0.1, -0.05) is 13.8 Å². The van der Waals surface area contributed by atoms with Gasteiger partial charge in [0.25, 0.3) is 0 Å². The van der Waals surface area contributed by atoms with Crippen molar-refractivity contribution in [2.75, 3.05) is 0 Å². The molecule has 0 aromatic carbocycles. The van der Waals surface area contributed by atoms with Crippen LogP contribution >= 0.6 is 0 Å². The van der Waals surface area contributed by atoms with Gasteiger partial charge in [-0.15, -0.1) is 0 Å². The summed E-state index contributed by atoms with van der Waals surface area (Å²) >= 11 is 0. The van der Waals surface area contributed by atoms with Crippen molar-refractivity contribution < 1.29 is 0 Å². The van der Waals surface area contributed by atoms with E-state index in [2.05, 4.69) is 28.8 Å². The highest BCUT2D eigenvalue weighted by Gasteiger charge is 2.11. The molecule has 0 spiro atoms. The predicted molar refractivity (Wildman–Crippen MR) is 64.1 cm³/mol. The third-order valence-electron chi connectivity index (χ3n) is 2.42. The first-order chi connectivity index (χ1) is 7.68. The van der Waals surface area contributed by atoms with Gasteiger partial charge < -0.3 is 0 Å². The van der Waals surface area contributed by atoms with Gasteiger partial charge >= 0.3 is 0 Å². The van der Waals surface area contributed by atoms with Crippen LogP contribution in [-0.2, 0) is 0 Å². The SMILES string of the molecule is Cc1ccc(-c2ncccn2)c(C(C)C)n1. The molecule has 0 fully saturated rings. The molecule has 2 aromatic heterocycles. The van der Waals surface area contributed by atoms with Crippen LogP contribution in [0.25, 0.3) is 11.4 Å². The van der Waals surface area contributed by atoms with E-state index in [-0.39, 0.29) is 0 Å². The molecule has 16 heavy (non-hydrogen) atoms. The fourth-order valence-electron chi connectivity index (χ4n) is 1.64. The molecule has 0 bridgehead atoms. The van der Waals surface area contributed by atoms with Gasteiger partial charge in [-0.2, -0.15) is 0 Å². The zero-order chi connectivity index (χ0) is 11.5. The van der Waals surface area contributed by atoms with Crippen molar-refractivity contribution in [3.05, 3.63) is 42.0 Å². The lowest BCUT2D eigenvalue weighted by molar-refractivity contribution is 0.816. The van der Waals surface area contributed by atoms with Crippen LogP contribution in [0.2, 0.25) is 0 Å². The summed E-state index contributed by atoms with van der Waals surface area (Å²) in [5, 5.41) is 0. The second-order valence-electron chi connectivity index (χ2n) is 4.11.